The fourth-order valence-electron chi connectivity index (χ4n) is 3.43. The van der Waals surface area contributed by atoms with Gasteiger partial charge in [0.15, 0.2) is 0 Å². The quantitative estimate of drug-likeness (QED) is 0.602. The zero-order chi connectivity index (χ0) is 15.7. The summed E-state index contributed by atoms with van der Waals surface area (Å²) in [5.41, 5.74) is 1.53. The van der Waals surface area contributed by atoms with E-state index >= 15 is 0 Å². The number of nitrogens with zero attached hydrogens (tertiary/aromatic N) is 2. The molecule has 0 aromatic rings. The second kappa shape index (κ2) is 10.4. The summed E-state index contributed by atoms with van der Waals surface area (Å²) < 4.78 is 0. The van der Waals surface area contributed by atoms with Gasteiger partial charge in [-0.15, -0.1) is 0 Å². The number of hydrogen-bond donors (Lipinski definition) is 0. The number of rotatable bonds is 8. The van der Waals surface area contributed by atoms with Gasteiger partial charge in [0.25, 0.3) is 0 Å². The first kappa shape index (κ1) is 18.7. The van der Waals surface area contributed by atoms with Gasteiger partial charge in [0.1, 0.15) is 0 Å². The average molecular weight is 295 g/mol. The monoisotopic (exact) mass is 294 g/mol. The van der Waals surface area contributed by atoms with Crippen molar-refractivity contribution in [3.8, 4) is 0 Å². The molecule has 0 bridgehead atoms. The molecule has 1 heterocycles. The lowest BCUT2D eigenvalue weighted by Crippen LogP contribution is -2.36. The molecule has 2 nitrogen and oxygen atoms in total. The molecule has 1 aliphatic heterocycles. The predicted molar refractivity (Wildman–Crippen MR) is 95.3 cm³/mol. The van der Waals surface area contributed by atoms with Crippen molar-refractivity contribution in [3.63, 3.8) is 0 Å². The summed E-state index contributed by atoms with van der Waals surface area (Å²) in [6, 6.07) is 0.668. The number of hydrogen-bond acceptors (Lipinski definition) is 2. The molecule has 1 rings (SSSR count). The summed E-state index contributed by atoms with van der Waals surface area (Å²) in [5.74, 6) is 1.60. The summed E-state index contributed by atoms with van der Waals surface area (Å²) >= 11 is 0. The third kappa shape index (κ3) is 6.50. The molecule has 124 valence electrons. The van der Waals surface area contributed by atoms with Crippen LogP contribution in [0.15, 0.2) is 4.99 Å². The van der Waals surface area contributed by atoms with E-state index in [9.17, 15) is 0 Å². The summed E-state index contributed by atoms with van der Waals surface area (Å²) in [7, 11) is 2.28. The minimum atomic E-state index is 0.668. The molecule has 0 saturated heterocycles. The maximum atomic E-state index is 5.10. The highest BCUT2D eigenvalue weighted by Gasteiger charge is 2.21. The van der Waals surface area contributed by atoms with E-state index < -0.39 is 0 Å². The van der Waals surface area contributed by atoms with Crippen LogP contribution >= 0.6 is 0 Å². The highest BCUT2D eigenvalue weighted by molar-refractivity contribution is 5.86. The van der Waals surface area contributed by atoms with Crippen molar-refractivity contribution >= 4 is 5.71 Å². The Labute approximate surface area is 133 Å². The molecular weight excluding hydrogens is 256 g/mol. The summed E-state index contributed by atoms with van der Waals surface area (Å²) in [5, 5.41) is 0. The molecular formula is C19H38N2. The Balaban J connectivity index is 2.67. The zero-order valence-electron chi connectivity index (χ0n) is 15.2. The van der Waals surface area contributed by atoms with Crippen molar-refractivity contribution in [2.24, 2.45) is 16.8 Å². The van der Waals surface area contributed by atoms with Crippen molar-refractivity contribution < 1.29 is 0 Å². The van der Waals surface area contributed by atoms with E-state index in [4.69, 9.17) is 4.99 Å². The van der Waals surface area contributed by atoms with E-state index in [1.807, 2.05) is 0 Å². The van der Waals surface area contributed by atoms with Crippen molar-refractivity contribution in [3.05, 3.63) is 0 Å². The molecule has 2 heteroatoms. The number of aliphatic imine (C=N–C) groups is 1. The van der Waals surface area contributed by atoms with Crippen LogP contribution in [0.5, 0.6) is 0 Å². The summed E-state index contributed by atoms with van der Waals surface area (Å²) in [6.07, 6.45) is 10.4. The summed E-state index contributed by atoms with van der Waals surface area (Å²) in [4.78, 5) is 7.63. The lowest BCUT2D eigenvalue weighted by Gasteiger charge is -2.30. The van der Waals surface area contributed by atoms with Gasteiger partial charge in [-0.1, -0.05) is 40.5 Å². The molecule has 0 aromatic carbocycles. The molecule has 0 aromatic heterocycles. The van der Waals surface area contributed by atoms with Crippen molar-refractivity contribution in [2.45, 2.75) is 85.1 Å². The first-order valence-corrected chi connectivity index (χ1v) is 9.35. The Morgan fingerprint density at radius 1 is 1.24 bits per heavy atom. The highest BCUT2D eigenvalue weighted by atomic mass is 15.1. The third-order valence-electron chi connectivity index (χ3n) is 5.35. The van der Waals surface area contributed by atoms with Gasteiger partial charge in [0, 0.05) is 11.8 Å². The maximum absolute atomic E-state index is 5.10. The molecule has 0 aliphatic carbocycles. The SMILES string of the molecule is CCCN(C)C1CCCC(CC)C(CCC(C)CC)=NC1. The van der Waals surface area contributed by atoms with Crippen LogP contribution in [0.2, 0.25) is 0 Å². The van der Waals surface area contributed by atoms with Crippen molar-refractivity contribution in [1.29, 1.82) is 0 Å². The van der Waals surface area contributed by atoms with Gasteiger partial charge < -0.3 is 4.90 Å². The van der Waals surface area contributed by atoms with Gasteiger partial charge in [0.2, 0.25) is 0 Å². The van der Waals surface area contributed by atoms with Crippen LogP contribution in [0.4, 0.5) is 0 Å². The molecule has 3 unspecified atom stereocenters. The predicted octanol–water partition coefficient (Wildman–Crippen LogP) is 5.17. The minimum absolute atomic E-state index is 0.668. The fourth-order valence-corrected chi connectivity index (χ4v) is 3.43. The molecule has 3 atom stereocenters. The topological polar surface area (TPSA) is 15.6 Å². The first-order valence-electron chi connectivity index (χ1n) is 9.35. The van der Waals surface area contributed by atoms with Gasteiger partial charge >= 0.3 is 0 Å². The molecule has 0 saturated carbocycles. The standard InChI is InChI=1S/C19H38N2/c1-6-14-21(5)18-11-9-10-17(8-3)19(20-15-18)13-12-16(4)7-2/h16-18H,6-15H2,1-5H3. The van der Waals surface area contributed by atoms with Crippen LogP contribution in [0.1, 0.15) is 79.1 Å². The van der Waals surface area contributed by atoms with Crippen LogP contribution in [-0.2, 0) is 0 Å². The molecule has 21 heavy (non-hydrogen) atoms. The Morgan fingerprint density at radius 2 is 2.00 bits per heavy atom. The van der Waals surface area contributed by atoms with Crippen LogP contribution < -0.4 is 0 Å². The molecule has 1 aliphatic rings. The largest absolute Gasteiger partial charge is 0.302 e. The Morgan fingerprint density at radius 3 is 2.62 bits per heavy atom. The Kier molecular flexibility index (Phi) is 9.23. The van der Waals surface area contributed by atoms with Crippen molar-refractivity contribution in [1.82, 2.24) is 4.90 Å². The van der Waals surface area contributed by atoms with Crippen LogP contribution in [0.25, 0.3) is 0 Å². The Hall–Kier alpha value is -0.370. The molecule has 0 N–H and O–H groups in total. The Bertz CT molecular complexity index is 298. The normalized spacial score (nSPS) is 25.3. The zero-order valence-corrected chi connectivity index (χ0v) is 15.2. The van der Waals surface area contributed by atoms with E-state index in [0.717, 1.165) is 18.4 Å². The fraction of sp³-hybridized carbons (Fsp3) is 0.947. The second-order valence-electron chi connectivity index (χ2n) is 7.05. The molecule has 0 spiro atoms. The van der Waals surface area contributed by atoms with Gasteiger partial charge in [0.05, 0.1) is 6.54 Å². The summed E-state index contributed by atoms with van der Waals surface area (Å²) in [6.45, 7) is 11.5. The first-order chi connectivity index (χ1) is 10.1. The lowest BCUT2D eigenvalue weighted by molar-refractivity contribution is 0.227. The second-order valence-corrected chi connectivity index (χ2v) is 7.05. The van der Waals surface area contributed by atoms with Gasteiger partial charge in [-0.05, 0) is 64.0 Å². The van der Waals surface area contributed by atoms with E-state index in [-0.39, 0.29) is 0 Å². The van der Waals surface area contributed by atoms with E-state index in [0.29, 0.717) is 6.04 Å². The lowest BCUT2D eigenvalue weighted by atomic mass is 9.87. The smallest absolute Gasteiger partial charge is 0.0544 e. The van der Waals surface area contributed by atoms with E-state index in [1.165, 1.54) is 63.6 Å². The minimum Gasteiger partial charge on any atom is -0.302 e. The third-order valence-corrected chi connectivity index (χ3v) is 5.35. The number of likely N-dealkylation sites (N-methyl/N-ethyl adjacent to an activating group) is 1. The van der Waals surface area contributed by atoms with Gasteiger partial charge in [-0.25, -0.2) is 0 Å². The van der Waals surface area contributed by atoms with Gasteiger partial charge in [-0.3, -0.25) is 4.99 Å². The molecule has 0 radical (unpaired) electrons. The van der Waals surface area contributed by atoms with Crippen molar-refractivity contribution in [2.75, 3.05) is 20.1 Å². The molecule has 0 amide bonds. The van der Waals surface area contributed by atoms with Crippen LogP contribution in [0, 0.1) is 11.8 Å². The van der Waals surface area contributed by atoms with E-state index in [2.05, 4.69) is 39.6 Å². The van der Waals surface area contributed by atoms with E-state index in [1.54, 1.807) is 0 Å². The van der Waals surface area contributed by atoms with Crippen LogP contribution in [-0.4, -0.2) is 36.8 Å². The van der Waals surface area contributed by atoms with Crippen LogP contribution in [0.3, 0.4) is 0 Å². The van der Waals surface area contributed by atoms with Gasteiger partial charge in [-0.2, -0.15) is 0 Å². The molecule has 0 fully saturated rings. The highest BCUT2D eigenvalue weighted by Crippen LogP contribution is 2.24. The maximum Gasteiger partial charge on any atom is 0.0544 e. The average Bonchev–Trinajstić information content (AvgIpc) is 2.46.